The van der Waals surface area contributed by atoms with E-state index in [1.807, 2.05) is 42.5 Å². The Labute approximate surface area is 95.5 Å². The molecule has 0 aromatic heterocycles. The smallest absolute Gasteiger partial charge is 0.170 e. The number of Topliss-reactive ketones (excluding diaryl/α,β-unsaturated/α-hetero) is 1. The zero-order valence-corrected chi connectivity index (χ0v) is 8.97. The summed E-state index contributed by atoms with van der Waals surface area (Å²) in [5, 5.41) is 0. The van der Waals surface area contributed by atoms with Crippen LogP contribution in [0.4, 0.5) is 0 Å². The Hall–Kier alpha value is -1.63. The monoisotopic (exact) mass is 209 g/mol. The lowest BCUT2D eigenvalue weighted by Crippen LogP contribution is -2.20. The Morgan fingerprint density at radius 2 is 1.88 bits per heavy atom. The highest BCUT2D eigenvalue weighted by molar-refractivity contribution is 6.01. The third-order valence-corrected chi connectivity index (χ3v) is 3.39. The summed E-state index contributed by atoms with van der Waals surface area (Å²) in [5.74, 6) is 0.629. The van der Waals surface area contributed by atoms with Crippen LogP contribution in [0.3, 0.4) is 0 Å². The summed E-state index contributed by atoms with van der Waals surface area (Å²) in [6.07, 6.45) is 11.3. The fraction of sp³-hybridized carbons (Fsp3) is 0.200. The van der Waals surface area contributed by atoms with Crippen LogP contribution < -0.4 is 0 Å². The highest BCUT2D eigenvalue weighted by atomic mass is 16.1. The summed E-state index contributed by atoms with van der Waals surface area (Å²) in [4.78, 5) is 12.4. The molecule has 2 aliphatic carbocycles. The molecule has 2 atom stereocenters. The molecule has 0 saturated carbocycles. The van der Waals surface area contributed by atoms with Gasteiger partial charge in [0.2, 0.25) is 0 Å². The molecule has 2 aliphatic rings. The quantitative estimate of drug-likeness (QED) is 0.641. The van der Waals surface area contributed by atoms with Gasteiger partial charge < -0.3 is 0 Å². The second kappa shape index (κ2) is 3.75. The average Bonchev–Trinajstić information content (AvgIpc) is 2.49. The number of hydrogen-bond acceptors (Lipinski definition) is 1. The molecule has 1 heteroatoms. The number of carbonyl (C=O) groups is 1. The van der Waals surface area contributed by atoms with Crippen molar-refractivity contribution in [1.29, 1.82) is 0 Å². The van der Waals surface area contributed by atoms with Crippen molar-refractivity contribution in [3.05, 3.63) is 66.1 Å². The van der Waals surface area contributed by atoms with Crippen molar-refractivity contribution in [2.45, 2.75) is 6.42 Å². The molecule has 1 radical (unpaired) electrons. The highest BCUT2D eigenvalue weighted by Crippen LogP contribution is 2.33. The Balaban J connectivity index is 2.07. The number of hydrogen-bond donors (Lipinski definition) is 0. The summed E-state index contributed by atoms with van der Waals surface area (Å²) >= 11 is 0. The van der Waals surface area contributed by atoms with Crippen LogP contribution in [-0.4, -0.2) is 5.78 Å². The number of allylic oxidation sites excluding steroid dienone is 4. The first-order valence-corrected chi connectivity index (χ1v) is 5.68. The molecule has 0 N–H and O–H groups in total. The SMILES string of the molecule is O=C1c2ccccc2[CH]CC2C=CC=CC12. The van der Waals surface area contributed by atoms with Crippen LogP contribution in [0.15, 0.2) is 48.6 Å². The second-order valence-corrected chi connectivity index (χ2v) is 4.35. The molecule has 2 unspecified atom stereocenters. The zero-order valence-electron chi connectivity index (χ0n) is 8.97. The van der Waals surface area contributed by atoms with Gasteiger partial charge in [-0.2, -0.15) is 0 Å². The summed E-state index contributed by atoms with van der Waals surface area (Å²) < 4.78 is 0. The van der Waals surface area contributed by atoms with Gasteiger partial charge in [-0.25, -0.2) is 0 Å². The standard InChI is InChI=1S/C15H13O/c16-15-13-7-3-1-5-11(13)9-10-12-6-2-4-8-14(12)15/h1-9,12,14H,10H2. The molecule has 0 saturated heterocycles. The second-order valence-electron chi connectivity index (χ2n) is 4.35. The van der Waals surface area contributed by atoms with Crippen LogP contribution in [0, 0.1) is 18.3 Å². The van der Waals surface area contributed by atoms with Gasteiger partial charge in [-0.3, -0.25) is 4.79 Å². The van der Waals surface area contributed by atoms with E-state index in [2.05, 4.69) is 12.5 Å². The molecule has 1 aromatic rings. The summed E-state index contributed by atoms with van der Waals surface area (Å²) in [7, 11) is 0. The van der Waals surface area contributed by atoms with Crippen molar-refractivity contribution in [1.82, 2.24) is 0 Å². The van der Waals surface area contributed by atoms with Gasteiger partial charge in [-0.1, -0.05) is 48.6 Å². The van der Waals surface area contributed by atoms with E-state index in [-0.39, 0.29) is 11.7 Å². The topological polar surface area (TPSA) is 17.1 Å². The van der Waals surface area contributed by atoms with Gasteiger partial charge in [0.1, 0.15) is 0 Å². The maximum atomic E-state index is 12.4. The lowest BCUT2D eigenvalue weighted by atomic mass is 9.83. The molecule has 0 aliphatic heterocycles. The maximum absolute atomic E-state index is 12.4. The molecule has 16 heavy (non-hydrogen) atoms. The van der Waals surface area contributed by atoms with E-state index in [0.29, 0.717) is 5.92 Å². The van der Waals surface area contributed by atoms with Gasteiger partial charge >= 0.3 is 0 Å². The Morgan fingerprint density at radius 3 is 2.81 bits per heavy atom. The lowest BCUT2D eigenvalue weighted by molar-refractivity contribution is 0.0925. The number of ketones is 1. The number of carbonyl (C=O) groups excluding carboxylic acids is 1. The van der Waals surface area contributed by atoms with Gasteiger partial charge in [0.25, 0.3) is 0 Å². The predicted octanol–water partition coefficient (Wildman–Crippen LogP) is 3.18. The number of rotatable bonds is 0. The molecular formula is C15H13O. The minimum absolute atomic E-state index is 0.0323. The normalized spacial score (nSPS) is 27.1. The van der Waals surface area contributed by atoms with E-state index in [0.717, 1.165) is 17.5 Å². The first-order valence-electron chi connectivity index (χ1n) is 5.68. The van der Waals surface area contributed by atoms with Gasteiger partial charge in [0, 0.05) is 11.5 Å². The van der Waals surface area contributed by atoms with Gasteiger partial charge in [0.05, 0.1) is 0 Å². The minimum atomic E-state index is 0.0323. The molecule has 0 bridgehead atoms. The van der Waals surface area contributed by atoms with Crippen molar-refractivity contribution < 1.29 is 4.79 Å². The Bertz CT molecular complexity index is 482. The van der Waals surface area contributed by atoms with Crippen LogP contribution in [0.2, 0.25) is 0 Å². The molecule has 0 heterocycles. The van der Waals surface area contributed by atoms with E-state index in [9.17, 15) is 4.79 Å². The van der Waals surface area contributed by atoms with Crippen LogP contribution in [0.1, 0.15) is 22.3 Å². The fourth-order valence-electron chi connectivity index (χ4n) is 2.50. The first-order chi connectivity index (χ1) is 7.86. The lowest BCUT2D eigenvalue weighted by Gasteiger charge is -2.19. The molecule has 1 nitrogen and oxygen atoms in total. The van der Waals surface area contributed by atoms with Crippen molar-refractivity contribution in [3.8, 4) is 0 Å². The van der Waals surface area contributed by atoms with Crippen LogP contribution in [0.5, 0.6) is 0 Å². The number of benzene rings is 1. The molecule has 79 valence electrons. The predicted molar refractivity (Wildman–Crippen MR) is 64.1 cm³/mol. The minimum Gasteiger partial charge on any atom is -0.293 e. The number of fused-ring (bicyclic) bond motifs is 2. The summed E-state index contributed by atoms with van der Waals surface area (Å²) in [6.45, 7) is 0. The summed E-state index contributed by atoms with van der Waals surface area (Å²) in [6, 6.07) is 7.89. The van der Waals surface area contributed by atoms with Crippen molar-refractivity contribution in [2.24, 2.45) is 11.8 Å². The Morgan fingerprint density at radius 1 is 1.06 bits per heavy atom. The van der Waals surface area contributed by atoms with E-state index in [1.165, 1.54) is 0 Å². The zero-order chi connectivity index (χ0) is 11.0. The van der Waals surface area contributed by atoms with E-state index >= 15 is 0 Å². The van der Waals surface area contributed by atoms with Crippen molar-refractivity contribution in [2.75, 3.05) is 0 Å². The first kappa shape index (κ1) is 9.59. The van der Waals surface area contributed by atoms with Crippen LogP contribution in [0.25, 0.3) is 0 Å². The summed E-state index contributed by atoms with van der Waals surface area (Å²) in [5.41, 5.74) is 1.96. The van der Waals surface area contributed by atoms with E-state index in [4.69, 9.17) is 0 Å². The van der Waals surface area contributed by atoms with Crippen molar-refractivity contribution >= 4 is 5.78 Å². The highest BCUT2D eigenvalue weighted by Gasteiger charge is 2.30. The van der Waals surface area contributed by atoms with E-state index < -0.39 is 0 Å². The van der Waals surface area contributed by atoms with E-state index in [1.54, 1.807) is 0 Å². The van der Waals surface area contributed by atoms with Gasteiger partial charge in [-0.15, -0.1) is 0 Å². The Kier molecular flexibility index (Phi) is 2.24. The average molecular weight is 209 g/mol. The molecule has 1 aromatic carbocycles. The fourth-order valence-corrected chi connectivity index (χ4v) is 2.50. The molecular weight excluding hydrogens is 196 g/mol. The van der Waals surface area contributed by atoms with Crippen LogP contribution in [-0.2, 0) is 0 Å². The third-order valence-electron chi connectivity index (χ3n) is 3.39. The van der Waals surface area contributed by atoms with Crippen LogP contribution >= 0.6 is 0 Å². The molecule has 0 spiro atoms. The molecule has 3 rings (SSSR count). The third kappa shape index (κ3) is 1.44. The van der Waals surface area contributed by atoms with Gasteiger partial charge in [0.15, 0.2) is 5.78 Å². The van der Waals surface area contributed by atoms with Crippen molar-refractivity contribution in [3.63, 3.8) is 0 Å². The molecule has 0 fully saturated rings. The maximum Gasteiger partial charge on any atom is 0.170 e. The van der Waals surface area contributed by atoms with Gasteiger partial charge in [-0.05, 0) is 24.3 Å². The molecule has 0 amide bonds. The largest absolute Gasteiger partial charge is 0.293 e.